The van der Waals surface area contributed by atoms with E-state index in [-0.39, 0.29) is 0 Å². The molecule has 2 heteroatoms. The van der Waals surface area contributed by atoms with Crippen molar-refractivity contribution < 1.29 is 4.79 Å². The third kappa shape index (κ3) is 4.56. The molecule has 0 aromatic heterocycles. The van der Waals surface area contributed by atoms with Crippen molar-refractivity contribution in [1.82, 2.24) is 0 Å². The summed E-state index contributed by atoms with van der Waals surface area (Å²) in [6.07, 6.45) is 3.46. The average molecular weight is 420 g/mol. The maximum atomic E-state index is 10.7. The zero-order valence-corrected chi connectivity index (χ0v) is 19.5. The molecule has 160 valence electrons. The Hall–Kier alpha value is -3.48. The number of carbonyl (C=O) groups excluding carboxylic acids is 1. The van der Waals surface area contributed by atoms with Crippen LogP contribution >= 0.6 is 0 Å². The summed E-state index contributed by atoms with van der Waals surface area (Å²) in [7, 11) is 0. The van der Waals surface area contributed by atoms with Gasteiger partial charge < -0.3 is 0 Å². The second-order valence-corrected chi connectivity index (χ2v) is 9.01. The van der Waals surface area contributed by atoms with Crippen LogP contribution in [0.2, 0.25) is 0 Å². The van der Waals surface area contributed by atoms with E-state index in [2.05, 4.69) is 86.4 Å². The van der Waals surface area contributed by atoms with Crippen LogP contribution < -0.4 is 0 Å². The van der Waals surface area contributed by atoms with E-state index in [1.807, 2.05) is 13.8 Å². The molecular weight excluding hydrogens is 390 g/mol. The van der Waals surface area contributed by atoms with Crippen LogP contribution in [0.15, 0.2) is 65.7 Å². The molecule has 0 heterocycles. The number of isocyanates is 1. The van der Waals surface area contributed by atoms with Gasteiger partial charge in [0.05, 0.1) is 5.69 Å². The Morgan fingerprint density at radius 1 is 0.594 bits per heavy atom. The van der Waals surface area contributed by atoms with Crippen LogP contribution in [0.4, 0.5) is 5.69 Å². The third-order valence-corrected chi connectivity index (χ3v) is 6.48. The summed E-state index contributed by atoms with van der Waals surface area (Å²) in [5, 5.41) is 2.54. The maximum Gasteiger partial charge on any atom is 0.240 e. The highest BCUT2D eigenvalue weighted by Crippen LogP contribution is 2.27. The number of fused-ring (bicyclic) bond motifs is 1. The van der Waals surface area contributed by atoms with Crippen molar-refractivity contribution in [1.29, 1.82) is 0 Å². The summed E-state index contributed by atoms with van der Waals surface area (Å²) in [4.78, 5) is 14.5. The number of aryl methyl sites for hydroxylation is 4. The molecule has 0 atom stereocenters. The van der Waals surface area contributed by atoms with E-state index in [9.17, 15) is 4.79 Å². The van der Waals surface area contributed by atoms with Crippen LogP contribution in [0.3, 0.4) is 0 Å². The van der Waals surface area contributed by atoms with E-state index in [4.69, 9.17) is 0 Å². The van der Waals surface area contributed by atoms with Gasteiger partial charge in [0.25, 0.3) is 0 Å². The van der Waals surface area contributed by atoms with Gasteiger partial charge in [-0.25, -0.2) is 4.79 Å². The van der Waals surface area contributed by atoms with Gasteiger partial charge in [-0.15, -0.1) is 0 Å². The van der Waals surface area contributed by atoms with Crippen molar-refractivity contribution in [3.8, 4) is 0 Å². The van der Waals surface area contributed by atoms with Gasteiger partial charge in [-0.1, -0.05) is 60.7 Å². The fourth-order valence-electron chi connectivity index (χ4n) is 4.63. The fraction of sp³-hybridized carbons (Fsp3) is 0.233. The maximum absolute atomic E-state index is 10.7. The van der Waals surface area contributed by atoms with Gasteiger partial charge in [-0.05, 0) is 108 Å². The minimum Gasteiger partial charge on any atom is -0.211 e. The van der Waals surface area contributed by atoms with Gasteiger partial charge in [-0.2, -0.15) is 4.99 Å². The van der Waals surface area contributed by atoms with Crippen molar-refractivity contribution in [2.75, 3.05) is 0 Å². The largest absolute Gasteiger partial charge is 0.240 e. The molecule has 0 amide bonds. The van der Waals surface area contributed by atoms with Crippen LogP contribution in [-0.2, 0) is 17.6 Å². The molecule has 0 N–H and O–H groups in total. The molecule has 0 saturated heterocycles. The predicted octanol–water partition coefficient (Wildman–Crippen LogP) is 7.53. The Labute approximate surface area is 190 Å². The van der Waals surface area contributed by atoms with E-state index in [0.717, 1.165) is 29.7 Å². The zero-order valence-electron chi connectivity index (χ0n) is 19.5. The summed E-state index contributed by atoms with van der Waals surface area (Å²) in [5.41, 5.74) is 12.1. The molecule has 2 nitrogen and oxygen atoms in total. The molecule has 4 rings (SSSR count). The minimum absolute atomic E-state index is 0.730. The first kappa shape index (κ1) is 21.7. The van der Waals surface area contributed by atoms with Crippen molar-refractivity contribution in [2.45, 2.75) is 47.5 Å². The highest BCUT2D eigenvalue weighted by molar-refractivity contribution is 5.84. The Bertz CT molecular complexity index is 1330. The van der Waals surface area contributed by atoms with E-state index in [1.165, 1.54) is 49.7 Å². The summed E-state index contributed by atoms with van der Waals surface area (Å²) in [6, 6.07) is 22.4. The van der Waals surface area contributed by atoms with Gasteiger partial charge in [0.1, 0.15) is 0 Å². The van der Waals surface area contributed by atoms with Crippen LogP contribution in [-0.4, -0.2) is 6.08 Å². The van der Waals surface area contributed by atoms with Gasteiger partial charge in [0, 0.05) is 0 Å². The molecule has 0 spiro atoms. The Kier molecular flexibility index (Phi) is 6.08. The summed E-state index contributed by atoms with van der Waals surface area (Å²) in [6.45, 7) is 10.6. The lowest BCUT2D eigenvalue weighted by Gasteiger charge is -2.11. The average Bonchev–Trinajstić information content (AvgIpc) is 2.74. The smallest absolute Gasteiger partial charge is 0.211 e. The molecule has 0 aliphatic heterocycles. The molecule has 0 saturated carbocycles. The monoisotopic (exact) mass is 419 g/mol. The highest BCUT2D eigenvalue weighted by Gasteiger charge is 2.07. The predicted molar refractivity (Wildman–Crippen MR) is 134 cm³/mol. The van der Waals surface area contributed by atoms with Gasteiger partial charge in [0.15, 0.2) is 0 Å². The van der Waals surface area contributed by atoms with Crippen LogP contribution in [0.25, 0.3) is 10.8 Å². The van der Waals surface area contributed by atoms with E-state index < -0.39 is 0 Å². The standard InChI is InChI=1S/C30H29NO/c1-19-10-26(11-20(2)23(19)5)14-24-6-8-29-17-25(7-9-28(29)16-24)15-27-12-21(3)30(31-18-32)22(4)13-27/h6-13,16-17H,14-15H2,1-5H3. The summed E-state index contributed by atoms with van der Waals surface area (Å²) >= 11 is 0. The topological polar surface area (TPSA) is 29.4 Å². The van der Waals surface area contributed by atoms with E-state index in [0.29, 0.717) is 0 Å². The van der Waals surface area contributed by atoms with Crippen LogP contribution in [0.1, 0.15) is 50.1 Å². The van der Waals surface area contributed by atoms with Crippen LogP contribution in [0, 0.1) is 34.6 Å². The van der Waals surface area contributed by atoms with Crippen molar-refractivity contribution in [3.05, 3.63) is 111 Å². The zero-order chi connectivity index (χ0) is 22.8. The third-order valence-electron chi connectivity index (χ3n) is 6.48. The number of benzene rings is 4. The molecule has 4 aromatic carbocycles. The van der Waals surface area contributed by atoms with Gasteiger partial charge in [-0.3, -0.25) is 0 Å². The van der Waals surface area contributed by atoms with Crippen LogP contribution in [0.5, 0.6) is 0 Å². The number of aliphatic imine (C=N–C) groups is 1. The van der Waals surface area contributed by atoms with Gasteiger partial charge in [0.2, 0.25) is 6.08 Å². The van der Waals surface area contributed by atoms with Crippen molar-refractivity contribution >= 4 is 22.5 Å². The fourth-order valence-corrected chi connectivity index (χ4v) is 4.63. The Morgan fingerprint density at radius 3 is 1.47 bits per heavy atom. The lowest BCUT2D eigenvalue weighted by atomic mass is 9.94. The second kappa shape index (κ2) is 8.94. The first-order valence-corrected chi connectivity index (χ1v) is 11.1. The quantitative estimate of drug-likeness (QED) is 0.243. The molecular formula is C30H29NO. The van der Waals surface area contributed by atoms with Crippen molar-refractivity contribution in [3.63, 3.8) is 0 Å². The van der Waals surface area contributed by atoms with E-state index >= 15 is 0 Å². The van der Waals surface area contributed by atoms with Crippen molar-refractivity contribution in [2.24, 2.45) is 4.99 Å². The summed E-state index contributed by atoms with van der Waals surface area (Å²) in [5.74, 6) is 0. The number of nitrogens with zero attached hydrogens (tertiary/aromatic N) is 1. The Balaban J connectivity index is 1.58. The minimum atomic E-state index is 0.730. The molecule has 0 aliphatic carbocycles. The molecule has 0 bridgehead atoms. The Morgan fingerprint density at radius 2 is 1.03 bits per heavy atom. The van der Waals surface area contributed by atoms with Gasteiger partial charge >= 0.3 is 0 Å². The number of hydrogen-bond donors (Lipinski definition) is 0. The summed E-state index contributed by atoms with van der Waals surface area (Å²) < 4.78 is 0. The van der Waals surface area contributed by atoms with E-state index in [1.54, 1.807) is 6.08 Å². The second-order valence-electron chi connectivity index (χ2n) is 9.01. The normalized spacial score (nSPS) is 10.9. The molecule has 0 aliphatic rings. The number of hydrogen-bond acceptors (Lipinski definition) is 2. The molecule has 0 unspecified atom stereocenters. The lowest BCUT2D eigenvalue weighted by molar-refractivity contribution is 0.565. The number of rotatable bonds is 5. The molecule has 4 aromatic rings. The highest BCUT2D eigenvalue weighted by atomic mass is 16.1. The molecule has 32 heavy (non-hydrogen) atoms. The lowest BCUT2D eigenvalue weighted by Crippen LogP contribution is -1.94. The molecule has 0 radical (unpaired) electrons. The first-order valence-electron chi connectivity index (χ1n) is 11.1. The molecule has 0 fully saturated rings. The first-order chi connectivity index (χ1) is 15.3. The SMILES string of the molecule is Cc1cc(Cc2ccc3cc(Cc4cc(C)c(N=C=O)c(C)c4)ccc3c2)cc(C)c1C.